The van der Waals surface area contributed by atoms with Gasteiger partial charge in [-0.05, 0) is 33.3 Å². The van der Waals surface area contributed by atoms with Crippen LogP contribution in [-0.2, 0) is 9.47 Å². The van der Waals surface area contributed by atoms with Gasteiger partial charge in [0.25, 0.3) is 0 Å². The number of amides is 1. The summed E-state index contributed by atoms with van der Waals surface area (Å²) in [6.45, 7) is 6.65. The Bertz CT molecular complexity index is 1010. The lowest BCUT2D eigenvalue weighted by Gasteiger charge is -2.26. The Morgan fingerprint density at radius 2 is 2.07 bits per heavy atom. The van der Waals surface area contributed by atoms with Gasteiger partial charge in [0, 0.05) is 19.0 Å². The van der Waals surface area contributed by atoms with Gasteiger partial charge in [-0.2, -0.15) is 0 Å². The second-order valence-corrected chi connectivity index (χ2v) is 8.83. The molecular weight excluding hydrogens is 398 g/mol. The van der Waals surface area contributed by atoms with Crippen LogP contribution in [0.15, 0.2) is 12.4 Å². The highest BCUT2D eigenvalue weighted by molar-refractivity contribution is 6.30. The number of halogens is 1. The minimum Gasteiger partial charge on any atom is -0.465 e. The molecule has 2 aromatic rings. The van der Waals surface area contributed by atoms with Crippen LogP contribution in [0.1, 0.15) is 37.6 Å². The number of carbonyl (C=O) groups is 2. The molecule has 2 aliphatic rings. The molecule has 10 heteroatoms. The highest BCUT2D eigenvalue weighted by Crippen LogP contribution is 2.52. The summed E-state index contributed by atoms with van der Waals surface area (Å²) >= 11 is 6.11. The molecule has 3 heterocycles. The number of likely N-dealkylation sites (tertiary alicyclic amines) is 1. The zero-order valence-corrected chi connectivity index (χ0v) is 17.4. The third-order valence-corrected chi connectivity index (χ3v) is 5.32. The number of anilines is 1. The number of piperidine rings is 1. The fourth-order valence-electron chi connectivity index (χ4n) is 3.74. The number of nitrogens with zero attached hydrogens (tertiary/aromatic N) is 4. The maximum Gasteiger partial charge on any atom is 0.410 e. The molecule has 154 valence electrons. The van der Waals surface area contributed by atoms with Gasteiger partial charge in [0.05, 0.1) is 18.2 Å². The van der Waals surface area contributed by atoms with Gasteiger partial charge in [-0.3, -0.25) is 0 Å². The molecule has 2 unspecified atom stereocenters. The average Bonchev–Trinajstić information content (AvgIpc) is 3.18. The first-order chi connectivity index (χ1) is 13.6. The summed E-state index contributed by atoms with van der Waals surface area (Å²) in [5, 5.41) is 3.56. The lowest BCUT2D eigenvalue weighted by molar-refractivity contribution is 0.0272. The standard InChI is InChI=1S/C19H22ClN5O4/c1-18(2,3)29-17(27)25-7-10-6-19(10,8-25)24-15-14-13(21-9-22-15)11(16(26)28-4)5-12(20)23-14/h5,9-10H,6-8H2,1-4H3,(H,21,22,24). The minimum atomic E-state index is -0.552. The molecule has 1 aliphatic carbocycles. The molecule has 0 bridgehead atoms. The molecule has 1 N–H and O–H groups in total. The van der Waals surface area contributed by atoms with Crippen molar-refractivity contribution in [3.05, 3.63) is 23.1 Å². The van der Waals surface area contributed by atoms with Crippen LogP contribution in [0, 0.1) is 5.92 Å². The summed E-state index contributed by atoms with van der Waals surface area (Å²) in [4.78, 5) is 39.0. The maximum absolute atomic E-state index is 12.4. The van der Waals surface area contributed by atoms with Crippen LogP contribution in [0.25, 0.3) is 11.0 Å². The summed E-state index contributed by atoms with van der Waals surface area (Å²) < 4.78 is 10.3. The first-order valence-corrected chi connectivity index (χ1v) is 9.65. The topological polar surface area (TPSA) is 107 Å². The van der Waals surface area contributed by atoms with Gasteiger partial charge in [-0.15, -0.1) is 0 Å². The second kappa shape index (κ2) is 6.69. The molecular formula is C19H22ClN5O4. The van der Waals surface area contributed by atoms with Crippen molar-refractivity contribution in [3.8, 4) is 0 Å². The van der Waals surface area contributed by atoms with Gasteiger partial charge in [0.2, 0.25) is 0 Å². The lowest BCUT2D eigenvalue weighted by atomic mass is 10.2. The third kappa shape index (κ3) is 3.66. The van der Waals surface area contributed by atoms with Crippen molar-refractivity contribution in [2.24, 2.45) is 5.92 Å². The number of esters is 1. The molecule has 1 saturated heterocycles. The summed E-state index contributed by atoms with van der Waals surface area (Å²) in [5.41, 5.74) is 0.122. The molecule has 2 fully saturated rings. The molecule has 0 spiro atoms. The van der Waals surface area contributed by atoms with E-state index in [1.54, 1.807) is 4.90 Å². The fourth-order valence-corrected chi connectivity index (χ4v) is 3.94. The summed E-state index contributed by atoms with van der Waals surface area (Å²) in [7, 11) is 1.29. The van der Waals surface area contributed by atoms with Crippen molar-refractivity contribution in [1.29, 1.82) is 0 Å². The maximum atomic E-state index is 12.4. The molecule has 0 aromatic carbocycles. The number of aromatic nitrogens is 3. The van der Waals surface area contributed by atoms with Gasteiger partial charge in [-0.25, -0.2) is 24.5 Å². The van der Waals surface area contributed by atoms with Gasteiger partial charge in [0.15, 0.2) is 5.82 Å². The van der Waals surface area contributed by atoms with E-state index in [1.807, 2.05) is 20.8 Å². The van der Waals surface area contributed by atoms with E-state index in [0.717, 1.165) is 6.42 Å². The van der Waals surface area contributed by atoms with Gasteiger partial charge >= 0.3 is 12.1 Å². The molecule has 1 saturated carbocycles. The van der Waals surface area contributed by atoms with E-state index in [4.69, 9.17) is 21.1 Å². The van der Waals surface area contributed by atoms with Gasteiger partial charge in [0.1, 0.15) is 28.1 Å². The van der Waals surface area contributed by atoms with E-state index < -0.39 is 11.6 Å². The second-order valence-electron chi connectivity index (χ2n) is 8.45. The van der Waals surface area contributed by atoms with Crippen molar-refractivity contribution in [2.75, 3.05) is 25.5 Å². The Kier molecular flexibility index (Phi) is 4.53. The Hall–Kier alpha value is -2.68. The molecule has 9 nitrogen and oxygen atoms in total. The third-order valence-electron chi connectivity index (χ3n) is 5.13. The van der Waals surface area contributed by atoms with Crippen LogP contribution in [0.2, 0.25) is 5.15 Å². The number of rotatable bonds is 3. The zero-order chi connectivity index (χ0) is 21.0. The van der Waals surface area contributed by atoms with E-state index in [1.165, 1.54) is 19.5 Å². The Morgan fingerprint density at radius 1 is 1.31 bits per heavy atom. The number of fused-ring (bicyclic) bond motifs is 2. The quantitative estimate of drug-likeness (QED) is 0.597. The van der Waals surface area contributed by atoms with Crippen LogP contribution >= 0.6 is 11.6 Å². The smallest absolute Gasteiger partial charge is 0.410 e. The fraction of sp³-hybridized carbons (Fsp3) is 0.526. The highest BCUT2D eigenvalue weighted by Gasteiger charge is 2.62. The van der Waals surface area contributed by atoms with Crippen LogP contribution in [0.3, 0.4) is 0 Å². The van der Waals surface area contributed by atoms with Crippen molar-refractivity contribution in [1.82, 2.24) is 19.9 Å². The number of methoxy groups -OCH3 is 1. The minimum absolute atomic E-state index is 0.141. The van der Waals surface area contributed by atoms with Crippen LogP contribution < -0.4 is 5.32 Å². The predicted molar refractivity (Wildman–Crippen MR) is 106 cm³/mol. The first-order valence-electron chi connectivity index (χ1n) is 9.27. The summed E-state index contributed by atoms with van der Waals surface area (Å²) in [6, 6.07) is 1.42. The van der Waals surface area contributed by atoms with E-state index in [0.29, 0.717) is 35.9 Å². The number of hydrogen-bond acceptors (Lipinski definition) is 8. The van der Waals surface area contributed by atoms with E-state index in [2.05, 4.69) is 20.3 Å². The Morgan fingerprint density at radius 3 is 2.76 bits per heavy atom. The molecule has 29 heavy (non-hydrogen) atoms. The average molecular weight is 420 g/mol. The van der Waals surface area contributed by atoms with Crippen molar-refractivity contribution < 1.29 is 19.1 Å². The highest BCUT2D eigenvalue weighted by atomic mass is 35.5. The molecule has 4 rings (SSSR count). The lowest BCUT2D eigenvalue weighted by Crippen LogP contribution is -2.40. The Labute approximate surface area is 172 Å². The largest absolute Gasteiger partial charge is 0.465 e. The van der Waals surface area contributed by atoms with Crippen LogP contribution in [0.5, 0.6) is 0 Å². The molecule has 0 radical (unpaired) electrons. The molecule has 1 amide bonds. The number of ether oxygens (including phenoxy) is 2. The molecule has 1 aliphatic heterocycles. The van der Waals surface area contributed by atoms with E-state index in [9.17, 15) is 9.59 Å². The predicted octanol–water partition coefficient (Wildman–Crippen LogP) is 2.89. The van der Waals surface area contributed by atoms with Gasteiger partial charge in [-0.1, -0.05) is 11.6 Å². The number of hydrogen-bond donors (Lipinski definition) is 1. The number of pyridine rings is 1. The van der Waals surface area contributed by atoms with E-state index >= 15 is 0 Å². The van der Waals surface area contributed by atoms with Crippen molar-refractivity contribution >= 4 is 40.5 Å². The van der Waals surface area contributed by atoms with Crippen LogP contribution in [0.4, 0.5) is 10.6 Å². The molecule has 2 atom stereocenters. The normalized spacial score (nSPS) is 22.9. The van der Waals surface area contributed by atoms with Gasteiger partial charge < -0.3 is 19.7 Å². The number of nitrogens with one attached hydrogen (secondary N) is 1. The SMILES string of the molecule is COC(=O)c1cc(Cl)nc2c(NC34CC3CN(C(=O)OC(C)(C)C)C4)ncnc12. The monoisotopic (exact) mass is 419 g/mol. The van der Waals surface area contributed by atoms with Crippen molar-refractivity contribution in [3.63, 3.8) is 0 Å². The zero-order valence-electron chi connectivity index (χ0n) is 16.7. The Balaban J connectivity index is 1.60. The summed E-state index contributed by atoms with van der Waals surface area (Å²) in [6.07, 6.45) is 1.94. The first kappa shape index (κ1) is 19.6. The van der Waals surface area contributed by atoms with E-state index in [-0.39, 0.29) is 22.3 Å². The number of carbonyl (C=O) groups excluding carboxylic acids is 2. The van der Waals surface area contributed by atoms with Crippen LogP contribution in [-0.4, -0.2) is 63.3 Å². The molecule has 2 aromatic heterocycles. The van der Waals surface area contributed by atoms with Crippen molar-refractivity contribution in [2.45, 2.75) is 38.3 Å². The summed E-state index contributed by atoms with van der Waals surface area (Å²) in [5.74, 6) is 0.207.